The van der Waals surface area contributed by atoms with Crippen molar-refractivity contribution in [2.24, 2.45) is 10.7 Å². The van der Waals surface area contributed by atoms with Crippen molar-refractivity contribution in [2.45, 2.75) is 19.1 Å². The first-order valence-corrected chi connectivity index (χ1v) is 3.72. The topological polar surface area (TPSA) is 41.6 Å². The second kappa shape index (κ2) is 3.27. The van der Waals surface area contributed by atoms with Crippen LogP contribution in [0.15, 0.2) is 17.3 Å². The molecule has 0 amide bonds. The summed E-state index contributed by atoms with van der Waals surface area (Å²) in [6.45, 7) is 1.05. The van der Waals surface area contributed by atoms with Gasteiger partial charge in [0.1, 0.15) is 18.5 Å². The predicted molar refractivity (Wildman–Crippen MR) is 43.0 cm³/mol. The second-order valence-electron chi connectivity index (χ2n) is 2.77. The fourth-order valence-corrected chi connectivity index (χ4v) is 0.875. The van der Waals surface area contributed by atoms with Crippen molar-refractivity contribution in [1.29, 1.82) is 0 Å². The van der Waals surface area contributed by atoms with Crippen LogP contribution in [0.5, 0.6) is 0 Å². The molecule has 0 spiro atoms. The van der Waals surface area contributed by atoms with Gasteiger partial charge in [0.2, 0.25) is 0 Å². The van der Waals surface area contributed by atoms with Gasteiger partial charge in [0, 0.05) is 6.20 Å². The normalized spacial score (nSPS) is 20.0. The fraction of sp³-hybridized carbons (Fsp3) is 0.571. The lowest BCUT2D eigenvalue weighted by atomic mass is 10.3. The minimum absolute atomic E-state index is 0.0387. The molecule has 6 heteroatoms. The summed E-state index contributed by atoms with van der Waals surface area (Å²) in [4.78, 5) is 4.76. The van der Waals surface area contributed by atoms with Gasteiger partial charge in [0.15, 0.2) is 0 Å². The maximum atomic E-state index is 12.2. The number of rotatable bonds is 1. The number of amidine groups is 1. The van der Waals surface area contributed by atoms with E-state index in [2.05, 4.69) is 4.99 Å². The van der Waals surface area contributed by atoms with E-state index in [0.717, 1.165) is 11.8 Å². The van der Waals surface area contributed by atoms with Gasteiger partial charge in [-0.15, -0.1) is 0 Å². The molecule has 0 saturated carbocycles. The van der Waals surface area contributed by atoms with Crippen LogP contribution in [0.4, 0.5) is 13.2 Å². The average molecular weight is 193 g/mol. The lowest BCUT2D eigenvalue weighted by Crippen LogP contribution is -2.42. The first-order valence-electron chi connectivity index (χ1n) is 3.72. The van der Waals surface area contributed by atoms with E-state index < -0.39 is 12.2 Å². The van der Waals surface area contributed by atoms with E-state index in [1.165, 1.54) is 12.3 Å². The van der Waals surface area contributed by atoms with Gasteiger partial charge >= 0.3 is 6.18 Å². The van der Waals surface area contributed by atoms with Gasteiger partial charge in [0.25, 0.3) is 0 Å². The van der Waals surface area contributed by atoms with Crippen LogP contribution in [0.3, 0.4) is 0 Å². The number of alkyl halides is 3. The van der Waals surface area contributed by atoms with Gasteiger partial charge in [-0.1, -0.05) is 0 Å². The van der Waals surface area contributed by atoms with E-state index in [0.29, 0.717) is 0 Å². The third kappa shape index (κ3) is 2.37. The van der Waals surface area contributed by atoms with Gasteiger partial charge in [-0.2, -0.15) is 13.2 Å². The number of aliphatic imine (C=N–C) groups is 1. The molecule has 74 valence electrons. The number of hydrogen-bond donors (Lipinski definition) is 1. The molecule has 13 heavy (non-hydrogen) atoms. The molecule has 0 aliphatic carbocycles. The lowest BCUT2D eigenvalue weighted by Gasteiger charge is -2.29. The van der Waals surface area contributed by atoms with Gasteiger partial charge < -0.3 is 10.6 Å². The molecule has 0 aromatic heterocycles. The minimum atomic E-state index is -4.23. The predicted octanol–water partition coefficient (Wildman–Crippen LogP) is 1.08. The van der Waals surface area contributed by atoms with E-state index >= 15 is 0 Å². The van der Waals surface area contributed by atoms with Gasteiger partial charge in [-0.05, 0) is 13.0 Å². The summed E-state index contributed by atoms with van der Waals surface area (Å²) in [6.07, 6.45) is -1.57. The zero-order valence-corrected chi connectivity index (χ0v) is 7.04. The molecule has 1 atom stereocenters. The highest BCUT2D eigenvalue weighted by molar-refractivity contribution is 5.91. The van der Waals surface area contributed by atoms with Crippen molar-refractivity contribution in [3.63, 3.8) is 0 Å². The quantitative estimate of drug-likeness (QED) is 0.677. The van der Waals surface area contributed by atoms with Crippen LogP contribution in [0, 0.1) is 0 Å². The van der Waals surface area contributed by atoms with Crippen molar-refractivity contribution in [1.82, 2.24) is 4.90 Å². The van der Waals surface area contributed by atoms with Gasteiger partial charge in [-0.3, -0.25) is 0 Å². The third-order valence-electron chi connectivity index (χ3n) is 1.82. The molecule has 0 saturated heterocycles. The number of nitrogens with zero attached hydrogens (tertiary/aromatic N) is 2. The van der Waals surface area contributed by atoms with Crippen LogP contribution in [0.25, 0.3) is 0 Å². The molecule has 3 nitrogen and oxygen atoms in total. The lowest BCUT2D eigenvalue weighted by molar-refractivity contribution is -0.171. The maximum Gasteiger partial charge on any atom is 0.408 e. The maximum absolute atomic E-state index is 12.2. The van der Waals surface area contributed by atoms with Gasteiger partial charge in [0.05, 0.1) is 0 Å². The molecule has 0 bridgehead atoms. The zero-order valence-electron chi connectivity index (χ0n) is 7.04. The molecular formula is C7H10F3N3. The Labute approximate surface area is 73.7 Å². The molecule has 1 aliphatic rings. The molecule has 1 heterocycles. The largest absolute Gasteiger partial charge is 0.408 e. The highest BCUT2D eigenvalue weighted by Crippen LogP contribution is 2.25. The SMILES string of the molecule is CC(N1C=CC(N)=NC1)C(F)(F)F. The summed E-state index contributed by atoms with van der Waals surface area (Å²) in [5, 5.41) is 0. The standard InChI is InChI=1S/C7H10F3N3/c1-5(7(8,9)10)13-3-2-6(11)12-4-13/h2-3,5H,4H2,1H3,(H2,11,12). The molecule has 0 aromatic rings. The molecule has 0 radical (unpaired) electrons. The van der Waals surface area contributed by atoms with Crippen LogP contribution >= 0.6 is 0 Å². The Morgan fingerprint density at radius 3 is 2.62 bits per heavy atom. The van der Waals surface area contributed by atoms with Crippen molar-refractivity contribution < 1.29 is 13.2 Å². The van der Waals surface area contributed by atoms with E-state index in [1.807, 2.05) is 0 Å². The van der Waals surface area contributed by atoms with Crippen LogP contribution in [-0.2, 0) is 0 Å². The Hall–Kier alpha value is -1.20. The Morgan fingerprint density at radius 2 is 2.23 bits per heavy atom. The van der Waals surface area contributed by atoms with Crippen LogP contribution < -0.4 is 5.73 Å². The van der Waals surface area contributed by atoms with E-state index in [-0.39, 0.29) is 12.5 Å². The molecule has 1 aliphatic heterocycles. The first-order chi connectivity index (χ1) is 5.91. The van der Waals surface area contributed by atoms with Crippen LogP contribution in [0.1, 0.15) is 6.92 Å². The van der Waals surface area contributed by atoms with Crippen molar-refractivity contribution in [3.8, 4) is 0 Å². The Morgan fingerprint density at radius 1 is 1.62 bits per heavy atom. The number of hydrogen-bond acceptors (Lipinski definition) is 3. The van der Waals surface area contributed by atoms with Gasteiger partial charge in [-0.25, -0.2) is 4.99 Å². The van der Waals surface area contributed by atoms with Crippen molar-refractivity contribution in [2.75, 3.05) is 6.67 Å². The molecule has 1 unspecified atom stereocenters. The van der Waals surface area contributed by atoms with Crippen LogP contribution in [0.2, 0.25) is 0 Å². The Balaban J connectivity index is 2.62. The Bertz CT molecular complexity index is 244. The summed E-state index contributed by atoms with van der Waals surface area (Å²) in [6, 6.07) is -1.53. The molecule has 1 rings (SSSR count). The average Bonchev–Trinajstić information content (AvgIpc) is 2.03. The van der Waals surface area contributed by atoms with E-state index in [1.54, 1.807) is 0 Å². The summed E-state index contributed by atoms with van der Waals surface area (Å²) < 4.78 is 36.5. The molecule has 0 aromatic carbocycles. The smallest absolute Gasteiger partial charge is 0.384 e. The van der Waals surface area contributed by atoms with E-state index in [4.69, 9.17) is 5.73 Å². The number of halogens is 3. The zero-order chi connectivity index (χ0) is 10.1. The van der Waals surface area contributed by atoms with Crippen LogP contribution in [-0.4, -0.2) is 29.6 Å². The molecular weight excluding hydrogens is 183 g/mol. The highest BCUT2D eigenvalue weighted by atomic mass is 19.4. The summed E-state index contributed by atoms with van der Waals surface area (Å²) in [5.74, 6) is 0.255. The summed E-state index contributed by atoms with van der Waals surface area (Å²) >= 11 is 0. The molecule has 0 fully saturated rings. The summed E-state index contributed by atoms with van der Waals surface area (Å²) in [7, 11) is 0. The van der Waals surface area contributed by atoms with E-state index in [9.17, 15) is 13.2 Å². The summed E-state index contributed by atoms with van der Waals surface area (Å²) in [5.41, 5.74) is 5.26. The third-order valence-corrected chi connectivity index (χ3v) is 1.82. The monoisotopic (exact) mass is 193 g/mol. The van der Waals surface area contributed by atoms with Crippen molar-refractivity contribution >= 4 is 5.84 Å². The molecule has 2 N–H and O–H groups in total. The first kappa shape index (κ1) is 9.88. The van der Waals surface area contributed by atoms with Crippen molar-refractivity contribution in [3.05, 3.63) is 12.3 Å². The second-order valence-corrected chi connectivity index (χ2v) is 2.77. The highest BCUT2D eigenvalue weighted by Gasteiger charge is 2.39. The fourth-order valence-electron chi connectivity index (χ4n) is 0.875. The Kier molecular flexibility index (Phi) is 2.49. The number of nitrogens with two attached hydrogens (primary N) is 1. The minimum Gasteiger partial charge on any atom is -0.384 e.